The van der Waals surface area contributed by atoms with E-state index in [0.717, 1.165) is 17.3 Å². The van der Waals surface area contributed by atoms with Crippen molar-refractivity contribution in [3.05, 3.63) is 34.3 Å². The Morgan fingerprint density at radius 2 is 1.75 bits per heavy atom. The first kappa shape index (κ1) is 18.9. The molecule has 6 heteroatoms. The number of carboxylic acids is 1. The highest BCUT2D eigenvalue weighted by Gasteiger charge is 2.34. The van der Waals surface area contributed by atoms with Crippen molar-refractivity contribution in [1.29, 1.82) is 0 Å². The van der Waals surface area contributed by atoms with Crippen molar-refractivity contribution in [2.24, 2.45) is 0 Å². The van der Waals surface area contributed by atoms with Crippen molar-refractivity contribution >= 4 is 27.8 Å². The van der Waals surface area contributed by atoms with Crippen molar-refractivity contribution < 1.29 is 19.4 Å². The van der Waals surface area contributed by atoms with Crippen LogP contribution in [-0.4, -0.2) is 36.7 Å². The zero-order valence-electron chi connectivity index (χ0n) is 13.7. The molecule has 2 rings (SSSR count). The summed E-state index contributed by atoms with van der Waals surface area (Å²) in [7, 11) is 0. The Bertz CT molecular complexity index is 553. The van der Waals surface area contributed by atoms with E-state index in [2.05, 4.69) is 33.4 Å². The molecule has 24 heavy (non-hydrogen) atoms. The summed E-state index contributed by atoms with van der Waals surface area (Å²) in [6.07, 6.45) is 3.40. The van der Waals surface area contributed by atoms with Crippen molar-refractivity contribution in [3.63, 3.8) is 0 Å². The number of carboxylic acid groups (broad SMARTS) is 1. The molecule has 0 atom stereocenters. The molecule has 0 radical (unpaired) electrons. The summed E-state index contributed by atoms with van der Waals surface area (Å²) in [6, 6.07) is 8.27. The van der Waals surface area contributed by atoms with Gasteiger partial charge in [-0.15, -0.1) is 0 Å². The van der Waals surface area contributed by atoms with E-state index in [9.17, 15) is 9.59 Å². The highest BCUT2D eigenvalue weighted by atomic mass is 79.9. The van der Waals surface area contributed by atoms with E-state index < -0.39 is 5.97 Å². The minimum atomic E-state index is -0.813. The fourth-order valence-corrected chi connectivity index (χ4v) is 3.32. The highest BCUT2D eigenvalue weighted by Crippen LogP contribution is 2.35. The lowest BCUT2D eigenvalue weighted by Gasteiger charge is -2.38. The molecule has 0 unspecified atom stereocenters. The largest absolute Gasteiger partial charge is 0.481 e. The molecule has 1 saturated heterocycles. The van der Waals surface area contributed by atoms with Crippen LogP contribution in [0.25, 0.3) is 0 Å². The van der Waals surface area contributed by atoms with Gasteiger partial charge in [0, 0.05) is 42.5 Å². The van der Waals surface area contributed by atoms with Gasteiger partial charge < -0.3 is 15.2 Å². The predicted octanol–water partition coefficient (Wildman–Crippen LogP) is 3.26. The Morgan fingerprint density at radius 3 is 2.38 bits per heavy atom. The van der Waals surface area contributed by atoms with E-state index in [4.69, 9.17) is 9.84 Å². The minimum absolute atomic E-state index is 0.0108. The lowest BCUT2D eigenvalue weighted by atomic mass is 9.74. The molecule has 1 fully saturated rings. The van der Waals surface area contributed by atoms with Crippen LogP contribution in [0.2, 0.25) is 0 Å². The molecule has 1 heterocycles. The average Bonchev–Trinajstić information content (AvgIpc) is 2.58. The Kier molecular flexibility index (Phi) is 7.24. The SMILES string of the molecule is O=C(O)CCCCC(=O)NCC1(c2ccc(Br)cc2)CCOCC1. The second-order valence-electron chi connectivity index (χ2n) is 6.28. The van der Waals surface area contributed by atoms with Gasteiger partial charge in [0.15, 0.2) is 0 Å². The molecule has 1 aliphatic heterocycles. The van der Waals surface area contributed by atoms with Crippen molar-refractivity contribution in [3.8, 4) is 0 Å². The third-order valence-electron chi connectivity index (χ3n) is 4.57. The van der Waals surface area contributed by atoms with Crippen LogP contribution in [0.15, 0.2) is 28.7 Å². The second kappa shape index (κ2) is 9.18. The predicted molar refractivity (Wildman–Crippen MR) is 95.0 cm³/mol. The van der Waals surface area contributed by atoms with Crippen molar-refractivity contribution in [2.75, 3.05) is 19.8 Å². The van der Waals surface area contributed by atoms with Gasteiger partial charge in [-0.25, -0.2) is 0 Å². The van der Waals surface area contributed by atoms with E-state index in [0.29, 0.717) is 39.0 Å². The van der Waals surface area contributed by atoms with Gasteiger partial charge in [-0.1, -0.05) is 28.1 Å². The molecule has 132 valence electrons. The summed E-state index contributed by atoms with van der Waals surface area (Å²) in [5, 5.41) is 11.7. The maximum atomic E-state index is 12.1. The van der Waals surface area contributed by atoms with Crippen LogP contribution < -0.4 is 5.32 Å². The Morgan fingerprint density at radius 1 is 1.12 bits per heavy atom. The van der Waals surface area contributed by atoms with Crippen LogP contribution >= 0.6 is 15.9 Å². The van der Waals surface area contributed by atoms with Gasteiger partial charge in [-0.3, -0.25) is 9.59 Å². The molecule has 1 aromatic rings. The number of hydrogen-bond acceptors (Lipinski definition) is 3. The summed E-state index contributed by atoms with van der Waals surface area (Å²) in [5.41, 5.74) is 1.13. The lowest BCUT2D eigenvalue weighted by molar-refractivity contribution is -0.137. The van der Waals surface area contributed by atoms with Crippen LogP contribution in [0.1, 0.15) is 44.1 Å². The summed E-state index contributed by atoms with van der Waals surface area (Å²) in [5.74, 6) is -0.824. The fraction of sp³-hybridized carbons (Fsp3) is 0.556. The molecule has 1 aliphatic rings. The van der Waals surface area contributed by atoms with Gasteiger partial charge >= 0.3 is 5.97 Å². The number of carbonyl (C=O) groups is 2. The van der Waals surface area contributed by atoms with Gasteiger partial charge in [0.2, 0.25) is 5.91 Å². The maximum Gasteiger partial charge on any atom is 0.303 e. The standard InChI is InChI=1S/C18H24BrNO4/c19-15-7-5-14(6-8-15)18(9-11-24-12-10-18)13-20-16(21)3-1-2-4-17(22)23/h5-8H,1-4,9-13H2,(H,20,21)(H,22,23). The maximum absolute atomic E-state index is 12.1. The Hall–Kier alpha value is -1.40. The van der Waals surface area contributed by atoms with Gasteiger partial charge in [0.05, 0.1) is 0 Å². The molecule has 0 aliphatic carbocycles. The lowest BCUT2D eigenvalue weighted by Crippen LogP contribution is -2.44. The molecule has 5 nitrogen and oxygen atoms in total. The Labute approximate surface area is 150 Å². The monoisotopic (exact) mass is 397 g/mol. The molecule has 2 N–H and O–H groups in total. The first-order valence-corrected chi connectivity index (χ1v) is 9.13. The van der Waals surface area contributed by atoms with Crippen LogP contribution in [0.4, 0.5) is 0 Å². The fourth-order valence-electron chi connectivity index (χ4n) is 3.05. The first-order chi connectivity index (χ1) is 11.5. The number of hydrogen-bond donors (Lipinski definition) is 2. The molecule has 0 spiro atoms. The molecule has 0 bridgehead atoms. The number of unbranched alkanes of at least 4 members (excludes halogenated alkanes) is 1. The molecular formula is C18H24BrNO4. The average molecular weight is 398 g/mol. The van der Waals surface area contributed by atoms with Crippen LogP contribution in [0, 0.1) is 0 Å². The third-order valence-corrected chi connectivity index (χ3v) is 5.10. The molecule has 1 amide bonds. The van der Waals surface area contributed by atoms with E-state index in [1.54, 1.807) is 0 Å². The number of amides is 1. The highest BCUT2D eigenvalue weighted by molar-refractivity contribution is 9.10. The van der Waals surface area contributed by atoms with E-state index in [1.807, 2.05) is 12.1 Å². The second-order valence-corrected chi connectivity index (χ2v) is 7.19. The smallest absolute Gasteiger partial charge is 0.303 e. The van der Waals surface area contributed by atoms with Gasteiger partial charge in [0.1, 0.15) is 0 Å². The van der Waals surface area contributed by atoms with E-state index in [-0.39, 0.29) is 17.7 Å². The van der Waals surface area contributed by atoms with E-state index in [1.165, 1.54) is 5.56 Å². The van der Waals surface area contributed by atoms with Crippen LogP contribution in [-0.2, 0) is 19.7 Å². The normalized spacial score (nSPS) is 16.5. The molecule has 0 saturated carbocycles. The molecule has 0 aromatic heterocycles. The number of nitrogens with one attached hydrogen (secondary N) is 1. The zero-order chi connectivity index (χ0) is 17.4. The minimum Gasteiger partial charge on any atom is -0.481 e. The molecular weight excluding hydrogens is 374 g/mol. The number of ether oxygens (including phenoxy) is 1. The number of benzene rings is 1. The van der Waals surface area contributed by atoms with Gasteiger partial charge in [0.25, 0.3) is 0 Å². The first-order valence-electron chi connectivity index (χ1n) is 8.34. The summed E-state index contributed by atoms with van der Waals surface area (Å²) < 4.78 is 6.54. The summed E-state index contributed by atoms with van der Waals surface area (Å²) in [6.45, 7) is 1.99. The topological polar surface area (TPSA) is 75.6 Å². The molecule has 1 aromatic carbocycles. The van der Waals surface area contributed by atoms with Gasteiger partial charge in [-0.2, -0.15) is 0 Å². The van der Waals surface area contributed by atoms with Gasteiger partial charge in [-0.05, 0) is 43.4 Å². The van der Waals surface area contributed by atoms with Crippen molar-refractivity contribution in [2.45, 2.75) is 43.9 Å². The third kappa shape index (κ3) is 5.60. The number of aliphatic carboxylic acids is 1. The summed E-state index contributed by atoms with van der Waals surface area (Å²) in [4.78, 5) is 22.5. The number of halogens is 1. The summed E-state index contributed by atoms with van der Waals surface area (Å²) >= 11 is 3.46. The number of rotatable bonds is 8. The quantitative estimate of drug-likeness (QED) is 0.660. The van der Waals surface area contributed by atoms with Crippen LogP contribution in [0.5, 0.6) is 0 Å². The van der Waals surface area contributed by atoms with Crippen molar-refractivity contribution in [1.82, 2.24) is 5.32 Å². The number of carbonyl (C=O) groups excluding carboxylic acids is 1. The Balaban J connectivity index is 1.91. The zero-order valence-corrected chi connectivity index (χ0v) is 15.3. The van der Waals surface area contributed by atoms with E-state index >= 15 is 0 Å². The van der Waals surface area contributed by atoms with Crippen LogP contribution in [0.3, 0.4) is 0 Å².